The number of anilines is 2. The standard InChI is InChI=1S/C23H20N2O4/c1-2-15-8-3-6-13-20(15)25-21(26)16-9-7-10-17(14-16)24-22(27)18-11-4-5-12-19(18)23(28)29/h3-14H,2H2,1H3,(H,24,27)(H,25,26)(H,28,29)/p-1. The third-order valence-corrected chi connectivity index (χ3v) is 4.42. The first-order chi connectivity index (χ1) is 14.0. The normalized spacial score (nSPS) is 10.2. The summed E-state index contributed by atoms with van der Waals surface area (Å²) in [4.78, 5) is 36.3. The molecule has 0 saturated heterocycles. The summed E-state index contributed by atoms with van der Waals surface area (Å²) in [5, 5.41) is 16.7. The average Bonchev–Trinajstić information content (AvgIpc) is 2.74. The maximum Gasteiger partial charge on any atom is 0.256 e. The molecule has 0 fully saturated rings. The van der Waals surface area contributed by atoms with Gasteiger partial charge in [-0.05, 0) is 42.3 Å². The van der Waals surface area contributed by atoms with Gasteiger partial charge in [-0.25, -0.2) is 0 Å². The Labute approximate surface area is 168 Å². The van der Waals surface area contributed by atoms with Crippen molar-refractivity contribution >= 4 is 29.2 Å². The van der Waals surface area contributed by atoms with Crippen LogP contribution in [-0.4, -0.2) is 17.8 Å². The molecule has 0 saturated carbocycles. The zero-order valence-corrected chi connectivity index (χ0v) is 15.8. The molecule has 0 spiro atoms. The van der Waals surface area contributed by atoms with Crippen molar-refractivity contribution in [3.63, 3.8) is 0 Å². The Balaban J connectivity index is 1.78. The van der Waals surface area contributed by atoms with Gasteiger partial charge in [-0.1, -0.05) is 49.4 Å². The summed E-state index contributed by atoms with van der Waals surface area (Å²) in [7, 11) is 0. The molecular weight excluding hydrogens is 368 g/mol. The van der Waals surface area contributed by atoms with Crippen LogP contribution in [0.4, 0.5) is 11.4 Å². The molecule has 0 unspecified atom stereocenters. The van der Waals surface area contributed by atoms with Crippen molar-refractivity contribution in [2.75, 3.05) is 10.6 Å². The Morgan fingerprint density at radius 3 is 2.21 bits per heavy atom. The number of benzene rings is 3. The minimum Gasteiger partial charge on any atom is -0.545 e. The highest BCUT2D eigenvalue weighted by molar-refractivity contribution is 6.11. The number of rotatable bonds is 6. The third kappa shape index (κ3) is 4.68. The van der Waals surface area contributed by atoms with Gasteiger partial charge >= 0.3 is 0 Å². The van der Waals surface area contributed by atoms with Gasteiger partial charge in [0.25, 0.3) is 11.8 Å². The van der Waals surface area contributed by atoms with Gasteiger partial charge < -0.3 is 20.5 Å². The van der Waals surface area contributed by atoms with Crippen molar-refractivity contribution in [2.24, 2.45) is 0 Å². The van der Waals surface area contributed by atoms with E-state index in [1.165, 1.54) is 24.3 Å². The lowest BCUT2D eigenvalue weighted by Gasteiger charge is -2.12. The van der Waals surface area contributed by atoms with Crippen LogP contribution >= 0.6 is 0 Å². The van der Waals surface area contributed by atoms with E-state index in [2.05, 4.69) is 10.6 Å². The molecule has 3 aromatic carbocycles. The maximum absolute atomic E-state index is 12.6. The van der Waals surface area contributed by atoms with Crippen LogP contribution in [0.5, 0.6) is 0 Å². The number of carboxylic acids is 1. The van der Waals surface area contributed by atoms with Gasteiger partial charge in [0.05, 0.1) is 5.97 Å². The second kappa shape index (κ2) is 8.84. The lowest BCUT2D eigenvalue weighted by Crippen LogP contribution is -2.26. The highest BCUT2D eigenvalue weighted by Crippen LogP contribution is 2.19. The number of amides is 2. The summed E-state index contributed by atoms with van der Waals surface area (Å²) in [5.74, 6) is -2.34. The Hall–Kier alpha value is -3.93. The number of aromatic carboxylic acids is 1. The average molecular weight is 387 g/mol. The number of nitrogens with one attached hydrogen (secondary N) is 2. The summed E-state index contributed by atoms with van der Waals surface area (Å²) in [5.41, 5.74) is 2.28. The number of para-hydroxylation sites is 1. The second-order valence-corrected chi connectivity index (χ2v) is 6.33. The number of carbonyl (C=O) groups is 3. The quantitative estimate of drug-likeness (QED) is 0.679. The first-order valence-corrected chi connectivity index (χ1v) is 9.10. The molecular formula is C23H19N2O4-. The van der Waals surface area contributed by atoms with E-state index in [1.807, 2.05) is 31.2 Å². The first kappa shape index (κ1) is 19.8. The van der Waals surface area contributed by atoms with Crippen molar-refractivity contribution < 1.29 is 19.5 Å². The van der Waals surface area contributed by atoms with E-state index in [1.54, 1.807) is 24.3 Å². The topological polar surface area (TPSA) is 98.3 Å². The van der Waals surface area contributed by atoms with Gasteiger partial charge in [-0.15, -0.1) is 0 Å². The van der Waals surface area contributed by atoms with Gasteiger partial charge in [-0.3, -0.25) is 9.59 Å². The number of carboxylic acid groups (broad SMARTS) is 1. The van der Waals surface area contributed by atoms with Crippen LogP contribution < -0.4 is 15.7 Å². The predicted octanol–water partition coefficient (Wildman–Crippen LogP) is 3.12. The van der Waals surface area contributed by atoms with Crippen LogP contribution in [0.15, 0.2) is 72.8 Å². The molecule has 0 aliphatic rings. The van der Waals surface area contributed by atoms with Crippen LogP contribution in [0, 0.1) is 0 Å². The van der Waals surface area contributed by atoms with Crippen LogP contribution in [0.1, 0.15) is 43.6 Å². The molecule has 0 atom stereocenters. The van der Waals surface area contributed by atoms with Gasteiger partial charge in [0.15, 0.2) is 0 Å². The SMILES string of the molecule is CCc1ccccc1NC(=O)c1cccc(NC(=O)c2ccccc2C(=O)[O-])c1. The van der Waals surface area contributed by atoms with Crippen molar-refractivity contribution in [3.05, 3.63) is 95.1 Å². The maximum atomic E-state index is 12.6. The summed E-state index contributed by atoms with van der Waals surface area (Å²) in [6.07, 6.45) is 0.782. The third-order valence-electron chi connectivity index (χ3n) is 4.42. The van der Waals surface area contributed by atoms with E-state index in [-0.39, 0.29) is 17.0 Å². The predicted molar refractivity (Wildman–Crippen MR) is 109 cm³/mol. The van der Waals surface area contributed by atoms with Gasteiger partial charge in [0.2, 0.25) is 0 Å². The molecule has 3 rings (SSSR count). The Morgan fingerprint density at radius 1 is 0.793 bits per heavy atom. The van der Waals surface area contributed by atoms with Crippen molar-refractivity contribution in [1.29, 1.82) is 0 Å². The number of aryl methyl sites for hydroxylation is 1. The van der Waals surface area contributed by atoms with E-state index < -0.39 is 11.9 Å². The molecule has 0 aliphatic carbocycles. The molecule has 0 aromatic heterocycles. The fraction of sp³-hybridized carbons (Fsp3) is 0.0870. The molecule has 0 radical (unpaired) electrons. The first-order valence-electron chi connectivity index (χ1n) is 9.10. The molecule has 0 heterocycles. The molecule has 0 aliphatic heterocycles. The monoisotopic (exact) mass is 387 g/mol. The van der Waals surface area contributed by atoms with Crippen molar-refractivity contribution in [2.45, 2.75) is 13.3 Å². The zero-order chi connectivity index (χ0) is 20.8. The Kier molecular flexibility index (Phi) is 6.04. The molecule has 146 valence electrons. The fourth-order valence-corrected chi connectivity index (χ4v) is 2.94. The minimum atomic E-state index is -1.43. The van der Waals surface area contributed by atoms with E-state index in [9.17, 15) is 19.5 Å². The largest absolute Gasteiger partial charge is 0.545 e. The van der Waals surface area contributed by atoms with E-state index in [4.69, 9.17) is 0 Å². The van der Waals surface area contributed by atoms with E-state index >= 15 is 0 Å². The summed E-state index contributed by atoms with van der Waals surface area (Å²) in [6.45, 7) is 2.01. The number of carbonyl (C=O) groups excluding carboxylic acids is 3. The van der Waals surface area contributed by atoms with Gasteiger partial charge in [0.1, 0.15) is 0 Å². The fourth-order valence-electron chi connectivity index (χ4n) is 2.94. The van der Waals surface area contributed by atoms with Crippen LogP contribution in [-0.2, 0) is 6.42 Å². The molecule has 6 nitrogen and oxygen atoms in total. The summed E-state index contributed by atoms with van der Waals surface area (Å²) < 4.78 is 0. The Bertz CT molecular complexity index is 1080. The smallest absolute Gasteiger partial charge is 0.256 e. The summed E-state index contributed by atoms with van der Waals surface area (Å²) >= 11 is 0. The highest BCUT2D eigenvalue weighted by atomic mass is 16.4. The van der Waals surface area contributed by atoms with Crippen molar-refractivity contribution in [3.8, 4) is 0 Å². The summed E-state index contributed by atoms with van der Waals surface area (Å²) in [6, 6.07) is 19.8. The second-order valence-electron chi connectivity index (χ2n) is 6.33. The molecule has 2 amide bonds. The number of hydrogen-bond donors (Lipinski definition) is 2. The molecule has 3 aromatic rings. The van der Waals surface area contributed by atoms with Gasteiger partial charge in [-0.2, -0.15) is 0 Å². The lowest BCUT2D eigenvalue weighted by atomic mass is 10.1. The van der Waals surface area contributed by atoms with E-state index in [0.29, 0.717) is 11.3 Å². The van der Waals surface area contributed by atoms with Gasteiger partial charge in [0, 0.05) is 28.1 Å². The zero-order valence-electron chi connectivity index (χ0n) is 15.8. The molecule has 29 heavy (non-hydrogen) atoms. The van der Waals surface area contributed by atoms with Crippen molar-refractivity contribution in [1.82, 2.24) is 0 Å². The molecule has 6 heteroatoms. The van der Waals surface area contributed by atoms with E-state index in [0.717, 1.165) is 17.7 Å². The molecule has 0 bridgehead atoms. The highest BCUT2D eigenvalue weighted by Gasteiger charge is 2.13. The number of hydrogen-bond acceptors (Lipinski definition) is 4. The Morgan fingerprint density at radius 2 is 1.48 bits per heavy atom. The molecule has 2 N–H and O–H groups in total. The van der Waals surface area contributed by atoms with Crippen LogP contribution in [0.3, 0.4) is 0 Å². The van der Waals surface area contributed by atoms with Crippen LogP contribution in [0.2, 0.25) is 0 Å². The van der Waals surface area contributed by atoms with Crippen LogP contribution in [0.25, 0.3) is 0 Å². The minimum absolute atomic E-state index is 0.0146. The lowest BCUT2D eigenvalue weighted by molar-refractivity contribution is -0.255.